The number of nitrogens with one attached hydrogen (secondary N) is 1. The smallest absolute Gasteiger partial charge is 0.337 e. The predicted octanol–water partition coefficient (Wildman–Crippen LogP) is 2.13. The molecule has 0 fully saturated rings. The third kappa shape index (κ3) is 4.82. The van der Waals surface area contributed by atoms with Crippen LogP contribution in [-0.4, -0.2) is 37.2 Å². The molecule has 21 heavy (non-hydrogen) atoms. The van der Waals surface area contributed by atoms with Crippen molar-refractivity contribution in [2.24, 2.45) is 0 Å². The zero-order valence-electron chi connectivity index (χ0n) is 11.1. The molecule has 3 N–H and O–H groups in total. The molecule has 0 spiro atoms. The van der Waals surface area contributed by atoms with E-state index in [1.54, 1.807) is 0 Å². The summed E-state index contributed by atoms with van der Waals surface area (Å²) in [4.78, 5) is 10.6. The molecule has 0 aliphatic heterocycles. The fraction of sp³-hybridized carbons (Fsp3) is 0.417. The molecule has 6 nitrogen and oxygen atoms in total. The third-order valence-corrected chi connectivity index (χ3v) is 4.84. The summed E-state index contributed by atoms with van der Waals surface area (Å²) in [6, 6.07) is 2.13. The quantitative estimate of drug-likeness (QED) is 0.694. The average Bonchev–Trinajstić information content (AvgIpc) is 2.39. The molecular weight excluding hydrogens is 341 g/mol. The number of benzene rings is 1. The molecule has 0 amide bonds. The van der Waals surface area contributed by atoms with Gasteiger partial charge >= 0.3 is 5.97 Å². The Kier molecular flexibility index (Phi) is 6.42. The summed E-state index contributed by atoms with van der Waals surface area (Å²) < 4.78 is 26.4. The number of carboxylic acid groups (broad SMARTS) is 1. The molecule has 0 aromatic heterocycles. The molecule has 1 aromatic carbocycles. The van der Waals surface area contributed by atoms with Gasteiger partial charge in [0.15, 0.2) is 0 Å². The van der Waals surface area contributed by atoms with Crippen molar-refractivity contribution < 1.29 is 23.4 Å². The Balaban J connectivity index is 3.11. The molecule has 1 aromatic rings. The van der Waals surface area contributed by atoms with Gasteiger partial charge in [-0.05, 0) is 18.6 Å². The summed E-state index contributed by atoms with van der Waals surface area (Å²) >= 11 is 11.5. The van der Waals surface area contributed by atoms with Crippen molar-refractivity contribution in [1.29, 1.82) is 0 Å². The lowest BCUT2D eigenvalue weighted by Gasteiger charge is -2.13. The minimum atomic E-state index is -4.07. The number of aliphatic hydroxyl groups is 1. The van der Waals surface area contributed by atoms with Gasteiger partial charge in [-0.1, -0.05) is 36.5 Å². The van der Waals surface area contributed by atoms with E-state index in [1.807, 2.05) is 6.92 Å². The van der Waals surface area contributed by atoms with E-state index < -0.39 is 37.6 Å². The van der Waals surface area contributed by atoms with Crippen molar-refractivity contribution >= 4 is 39.2 Å². The molecule has 1 atom stereocenters. The van der Waals surface area contributed by atoms with Crippen molar-refractivity contribution in [2.45, 2.75) is 30.8 Å². The second-order valence-corrected chi connectivity index (χ2v) is 6.91. The van der Waals surface area contributed by atoms with Crippen LogP contribution in [0.5, 0.6) is 0 Å². The molecule has 0 radical (unpaired) electrons. The van der Waals surface area contributed by atoms with Gasteiger partial charge in [0.25, 0.3) is 0 Å². The van der Waals surface area contributed by atoms with E-state index >= 15 is 0 Å². The molecule has 0 aliphatic rings. The second kappa shape index (κ2) is 7.42. The largest absolute Gasteiger partial charge is 0.478 e. The Labute approximate surface area is 132 Å². The van der Waals surface area contributed by atoms with Crippen LogP contribution < -0.4 is 4.72 Å². The highest BCUT2D eigenvalue weighted by atomic mass is 35.5. The fourth-order valence-corrected chi connectivity index (χ4v) is 3.61. The van der Waals surface area contributed by atoms with Crippen molar-refractivity contribution in [3.05, 3.63) is 27.7 Å². The zero-order valence-corrected chi connectivity index (χ0v) is 13.5. The van der Waals surface area contributed by atoms with Gasteiger partial charge in [0.1, 0.15) is 4.90 Å². The molecule has 0 bridgehead atoms. The number of aromatic carboxylic acids is 1. The van der Waals surface area contributed by atoms with E-state index in [-0.39, 0.29) is 11.6 Å². The van der Waals surface area contributed by atoms with Gasteiger partial charge in [-0.2, -0.15) is 0 Å². The van der Waals surface area contributed by atoms with Crippen molar-refractivity contribution in [1.82, 2.24) is 4.72 Å². The zero-order chi connectivity index (χ0) is 16.2. The second-order valence-electron chi connectivity index (χ2n) is 4.37. The molecule has 0 heterocycles. The topological polar surface area (TPSA) is 104 Å². The first-order valence-electron chi connectivity index (χ1n) is 6.09. The van der Waals surface area contributed by atoms with Crippen LogP contribution in [0.2, 0.25) is 10.0 Å². The average molecular weight is 356 g/mol. The van der Waals surface area contributed by atoms with E-state index in [1.165, 1.54) is 0 Å². The van der Waals surface area contributed by atoms with Crippen LogP contribution in [0, 0.1) is 0 Å². The van der Waals surface area contributed by atoms with Crippen LogP contribution in [0.4, 0.5) is 0 Å². The molecular formula is C12H15Cl2NO5S. The number of rotatable bonds is 7. The van der Waals surface area contributed by atoms with Gasteiger partial charge in [0.05, 0.1) is 16.7 Å². The third-order valence-electron chi connectivity index (χ3n) is 2.65. The van der Waals surface area contributed by atoms with Gasteiger partial charge < -0.3 is 10.2 Å². The van der Waals surface area contributed by atoms with Gasteiger partial charge in [0, 0.05) is 11.6 Å². The first-order chi connectivity index (χ1) is 9.69. The number of halogens is 2. The Morgan fingerprint density at radius 2 is 2.00 bits per heavy atom. The minimum absolute atomic E-state index is 0.0636. The molecule has 1 rings (SSSR count). The first kappa shape index (κ1) is 18.2. The minimum Gasteiger partial charge on any atom is -0.478 e. The summed E-state index contributed by atoms with van der Waals surface area (Å²) in [6.45, 7) is 1.66. The van der Waals surface area contributed by atoms with E-state index in [0.717, 1.165) is 12.1 Å². The molecule has 0 saturated carbocycles. The molecule has 0 saturated heterocycles. The maximum Gasteiger partial charge on any atom is 0.337 e. The summed E-state index contributed by atoms with van der Waals surface area (Å²) in [5.41, 5.74) is -0.404. The standard InChI is InChI=1S/C12H15Cl2NO5S/c1-2-3-8(16)6-15-21(19,20)10-5-7(13)4-9(11(10)14)12(17)18/h4-5,8,15-16H,2-3,6H2,1H3,(H,17,18). The normalized spacial score (nSPS) is 13.1. The maximum absolute atomic E-state index is 12.1. The van der Waals surface area contributed by atoms with Gasteiger partial charge in [-0.25, -0.2) is 17.9 Å². The fourth-order valence-electron chi connectivity index (χ4n) is 1.63. The number of hydrogen-bond donors (Lipinski definition) is 3. The number of carboxylic acids is 1. The number of aliphatic hydroxyl groups excluding tert-OH is 1. The first-order valence-corrected chi connectivity index (χ1v) is 8.33. The lowest BCUT2D eigenvalue weighted by atomic mass is 10.2. The predicted molar refractivity (Wildman–Crippen MR) is 79.5 cm³/mol. The highest BCUT2D eigenvalue weighted by Crippen LogP contribution is 2.29. The van der Waals surface area contributed by atoms with Crippen molar-refractivity contribution in [3.8, 4) is 0 Å². The van der Waals surface area contributed by atoms with Crippen LogP contribution in [0.15, 0.2) is 17.0 Å². The van der Waals surface area contributed by atoms with Crippen LogP contribution in [0.3, 0.4) is 0 Å². The van der Waals surface area contributed by atoms with Crippen molar-refractivity contribution in [2.75, 3.05) is 6.54 Å². The Hall–Kier alpha value is -0.860. The summed E-state index contributed by atoms with van der Waals surface area (Å²) in [5.74, 6) is -1.38. The van der Waals surface area contributed by atoms with Gasteiger partial charge in [-0.3, -0.25) is 0 Å². The Bertz CT molecular complexity index is 633. The molecule has 118 valence electrons. The van der Waals surface area contributed by atoms with E-state index in [2.05, 4.69) is 4.72 Å². The number of carbonyl (C=O) groups is 1. The summed E-state index contributed by atoms with van der Waals surface area (Å²) in [7, 11) is -4.07. The Morgan fingerprint density at radius 1 is 1.38 bits per heavy atom. The molecule has 1 unspecified atom stereocenters. The lowest BCUT2D eigenvalue weighted by molar-refractivity contribution is 0.0697. The summed E-state index contributed by atoms with van der Waals surface area (Å²) in [6.07, 6.45) is 0.303. The van der Waals surface area contributed by atoms with Crippen LogP contribution in [0.1, 0.15) is 30.1 Å². The highest BCUT2D eigenvalue weighted by Gasteiger charge is 2.24. The Morgan fingerprint density at radius 3 is 2.52 bits per heavy atom. The summed E-state index contributed by atoms with van der Waals surface area (Å²) in [5, 5.41) is 18.0. The van der Waals surface area contributed by atoms with Gasteiger partial charge in [-0.15, -0.1) is 0 Å². The lowest BCUT2D eigenvalue weighted by Crippen LogP contribution is -2.32. The van der Waals surface area contributed by atoms with E-state index in [9.17, 15) is 18.3 Å². The van der Waals surface area contributed by atoms with Crippen LogP contribution in [0.25, 0.3) is 0 Å². The monoisotopic (exact) mass is 355 g/mol. The highest BCUT2D eigenvalue weighted by molar-refractivity contribution is 7.89. The van der Waals surface area contributed by atoms with Gasteiger partial charge in [0.2, 0.25) is 10.0 Å². The van der Waals surface area contributed by atoms with Crippen LogP contribution in [-0.2, 0) is 10.0 Å². The van der Waals surface area contributed by atoms with E-state index in [4.69, 9.17) is 28.3 Å². The van der Waals surface area contributed by atoms with Crippen molar-refractivity contribution in [3.63, 3.8) is 0 Å². The number of hydrogen-bond acceptors (Lipinski definition) is 4. The number of sulfonamides is 1. The van der Waals surface area contributed by atoms with Crippen LogP contribution >= 0.6 is 23.2 Å². The molecule has 0 aliphatic carbocycles. The van der Waals surface area contributed by atoms with E-state index in [0.29, 0.717) is 12.8 Å². The SMILES string of the molecule is CCCC(O)CNS(=O)(=O)c1cc(Cl)cc(C(=O)O)c1Cl. The molecule has 9 heteroatoms. The maximum atomic E-state index is 12.1.